The van der Waals surface area contributed by atoms with Crippen molar-refractivity contribution in [3.63, 3.8) is 0 Å². The molecule has 0 saturated carbocycles. The second-order valence-corrected chi connectivity index (χ2v) is 5.82. The Morgan fingerprint density at radius 1 is 1.24 bits per heavy atom. The fourth-order valence-corrected chi connectivity index (χ4v) is 3.24. The van der Waals surface area contributed by atoms with Gasteiger partial charge in [-0.2, -0.15) is 0 Å². The van der Waals surface area contributed by atoms with Gasteiger partial charge in [0.1, 0.15) is 12.1 Å². The molecule has 0 aliphatic carbocycles. The van der Waals surface area contributed by atoms with Gasteiger partial charge in [-0.25, -0.2) is 4.98 Å². The van der Waals surface area contributed by atoms with Crippen LogP contribution in [0.4, 0.5) is 5.82 Å². The Morgan fingerprint density at radius 2 is 2.14 bits per heavy atom. The number of rotatable bonds is 3. The maximum absolute atomic E-state index is 5.47. The number of aromatic nitrogens is 4. The number of anilines is 1. The first-order valence-corrected chi connectivity index (χ1v) is 7.60. The average Bonchev–Trinajstić information content (AvgIpc) is 3.18. The summed E-state index contributed by atoms with van der Waals surface area (Å²) in [5.41, 5.74) is 0. The first-order valence-electron chi connectivity index (χ1n) is 7.60. The van der Waals surface area contributed by atoms with Gasteiger partial charge < -0.3 is 9.64 Å². The topological polar surface area (TPSA) is 58.8 Å². The first kappa shape index (κ1) is 13.0. The summed E-state index contributed by atoms with van der Waals surface area (Å²) in [4.78, 5) is 9.16. The maximum Gasteiger partial charge on any atom is 0.256 e. The Morgan fingerprint density at radius 3 is 2.95 bits per heavy atom. The first-order chi connectivity index (χ1) is 10.4. The minimum atomic E-state index is 0.665. The largest absolute Gasteiger partial charge is 0.381 e. The van der Waals surface area contributed by atoms with Crippen LogP contribution in [0.15, 0.2) is 18.6 Å². The molecule has 112 valence electrons. The summed E-state index contributed by atoms with van der Waals surface area (Å²) in [5.74, 6) is 2.52. The van der Waals surface area contributed by atoms with E-state index in [2.05, 4.69) is 25.0 Å². The Kier molecular flexibility index (Phi) is 3.44. The molecule has 4 heterocycles. The zero-order valence-electron chi connectivity index (χ0n) is 12.1. The van der Waals surface area contributed by atoms with E-state index in [0.29, 0.717) is 5.78 Å². The Hall–Kier alpha value is -1.73. The molecule has 0 bridgehead atoms. The predicted octanol–water partition coefficient (Wildman–Crippen LogP) is 0.283. The van der Waals surface area contributed by atoms with Crippen molar-refractivity contribution in [3.05, 3.63) is 18.6 Å². The van der Waals surface area contributed by atoms with Crippen molar-refractivity contribution < 1.29 is 4.74 Å². The van der Waals surface area contributed by atoms with Crippen molar-refractivity contribution in [2.24, 2.45) is 5.92 Å². The van der Waals surface area contributed by atoms with E-state index >= 15 is 0 Å². The van der Waals surface area contributed by atoms with Crippen LogP contribution in [0.25, 0.3) is 5.78 Å². The number of nitrogens with zero attached hydrogens (tertiary/aromatic N) is 6. The van der Waals surface area contributed by atoms with Crippen LogP contribution in [-0.4, -0.2) is 70.4 Å². The molecule has 2 aliphatic heterocycles. The summed E-state index contributed by atoms with van der Waals surface area (Å²) in [6.45, 7) is 7.31. The van der Waals surface area contributed by atoms with Crippen LogP contribution >= 0.6 is 0 Å². The molecule has 0 amide bonds. The summed E-state index contributed by atoms with van der Waals surface area (Å²) < 4.78 is 7.43. The van der Waals surface area contributed by atoms with E-state index in [4.69, 9.17) is 4.74 Å². The summed E-state index contributed by atoms with van der Waals surface area (Å²) in [5, 5.41) is 7.95. The van der Waals surface area contributed by atoms with Crippen LogP contribution in [0.2, 0.25) is 0 Å². The summed E-state index contributed by atoms with van der Waals surface area (Å²) in [6.07, 6.45) is 4.76. The summed E-state index contributed by atoms with van der Waals surface area (Å²) >= 11 is 0. The molecule has 2 aromatic heterocycles. The molecule has 0 aromatic carbocycles. The van der Waals surface area contributed by atoms with Crippen LogP contribution in [0.3, 0.4) is 0 Å². The SMILES string of the molecule is c1cc(N2CCN(CC3CCOC3)CC2)n2cnnc2n1. The van der Waals surface area contributed by atoms with Crippen molar-refractivity contribution in [1.82, 2.24) is 24.5 Å². The zero-order valence-corrected chi connectivity index (χ0v) is 12.1. The van der Waals surface area contributed by atoms with E-state index in [0.717, 1.165) is 51.1 Å². The Balaban J connectivity index is 1.41. The minimum Gasteiger partial charge on any atom is -0.381 e. The molecule has 1 atom stereocenters. The fourth-order valence-electron chi connectivity index (χ4n) is 3.24. The third-order valence-electron chi connectivity index (χ3n) is 4.43. The van der Waals surface area contributed by atoms with Crippen LogP contribution in [0.1, 0.15) is 6.42 Å². The van der Waals surface area contributed by atoms with E-state index in [9.17, 15) is 0 Å². The Bertz CT molecular complexity index is 600. The molecule has 2 saturated heterocycles. The quantitative estimate of drug-likeness (QED) is 0.809. The van der Waals surface area contributed by atoms with Gasteiger partial charge in [-0.15, -0.1) is 10.2 Å². The molecule has 2 aromatic rings. The lowest BCUT2D eigenvalue weighted by atomic mass is 10.1. The van der Waals surface area contributed by atoms with E-state index in [1.807, 2.05) is 16.7 Å². The number of hydrogen-bond donors (Lipinski definition) is 0. The summed E-state index contributed by atoms with van der Waals surface area (Å²) in [7, 11) is 0. The van der Waals surface area contributed by atoms with Crippen LogP contribution in [0, 0.1) is 5.92 Å². The van der Waals surface area contributed by atoms with Gasteiger partial charge in [0.15, 0.2) is 0 Å². The second-order valence-electron chi connectivity index (χ2n) is 5.82. The third kappa shape index (κ3) is 2.58. The van der Waals surface area contributed by atoms with Crippen LogP contribution < -0.4 is 4.90 Å². The van der Waals surface area contributed by atoms with Crippen molar-refractivity contribution >= 4 is 11.6 Å². The molecular formula is C14H20N6O. The highest BCUT2D eigenvalue weighted by Gasteiger charge is 2.23. The lowest BCUT2D eigenvalue weighted by molar-refractivity contribution is 0.164. The van der Waals surface area contributed by atoms with Gasteiger partial charge in [-0.1, -0.05) is 0 Å². The number of ether oxygens (including phenoxy) is 1. The molecule has 2 aliphatic rings. The van der Waals surface area contributed by atoms with Gasteiger partial charge in [-0.05, 0) is 18.4 Å². The highest BCUT2D eigenvalue weighted by atomic mass is 16.5. The maximum atomic E-state index is 5.47. The molecule has 7 nitrogen and oxygen atoms in total. The highest BCUT2D eigenvalue weighted by Crippen LogP contribution is 2.19. The van der Waals surface area contributed by atoms with E-state index < -0.39 is 0 Å². The molecule has 21 heavy (non-hydrogen) atoms. The van der Waals surface area contributed by atoms with E-state index in [1.54, 1.807) is 6.33 Å². The van der Waals surface area contributed by atoms with Gasteiger partial charge in [0.05, 0.1) is 6.61 Å². The smallest absolute Gasteiger partial charge is 0.256 e. The molecule has 4 rings (SSSR count). The lowest BCUT2D eigenvalue weighted by Crippen LogP contribution is -2.48. The normalized spacial score (nSPS) is 24.0. The van der Waals surface area contributed by atoms with Gasteiger partial charge in [0, 0.05) is 45.5 Å². The van der Waals surface area contributed by atoms with E-state index in [-0.39, 0.29) is 0 Å². The number of piperazine rings is 1. The highest BCUT2D eigenvalue weighted by molar-refractivity contribution is 5.46. The number of fused-ring (bicyclic) bond motifs is 1. The minimum absolute atomic E-state index is 0.665. The molecular weight excluding hydrogens is 268 g/mol. The third-order valence-corrected chi connectivity index (χ3v) is 4.43. The van der Waals surface area contributed by atoms with Crippen LogP contribution in [-0.2, 0) is 4.74 Å². The van der Waals surface area contributed by atoms with Crippen molar-refractivity contribution in [2.45, 2.75) is 6.42 Å². The standard InChI is InChI=1S/C14H20N6O/c1-3-15-14-17-16-11-20(14)13(1)19-6-4-18(5-7-19)9-12-2-8-21-10-12/h1,3,11-12H,2,4-10H2. The average molecular weight is 288 g/mol. The van der Waals surface area contributed by atoms with Gasteiger partial charge in [0.2, 0.25) is 0 Å². The fraction of sp³-hybridized carbons (Fsp3) is 0.643. The predicted molar refractivity (Wildman–Crippen MR) is 78.4 cm³/mol. The molecule has 7 heteroatoms. The molecule has 0 spiro atoms. The van der Waals surface area contributed by atoms with Gasteiger partial charge in [0.25, 0.3) is 5.78 Å². The molecule has 1 unspecified atom stereocenters. The van der Waals surface area contributed by atoms with Crippen molar-refractivity contribution in [3.8, 4) is 0 Å². The Labute approximate surface area is 123 Å². The van der Waals surface area contributed by atoms with Crippen molar-refractivity contribution in [2.75, 3.05) is 50.8 Å². The second kappa shape index (κ2) is 5.57. The molecule has 2 fully saturated rings. The zero-order chi connectivity index (χ0) is 14.1. The monoisotopic (exact) mass is 288 g/mol. The van der Waals surface area contributed by atoms with Crippen molar-refractivity contribution in [1.29, 1.82) is 0 Å². The van der Waals surface area contributed by atoms with E-state index in [1.165, 1.54) is 13.0 Å². The summed E-state index contributed by atoms with van der Waals surface area (Å²) in [6, 6.07) is 2.04. The molecule has 0 N–H and O–H groups in total. The molecule has 0 radical (unpaired) electrons. The number of hydrogen-bond acceptors (Lipinski definition) is 6. The van der Waals surface area contributed by atoms with Gasteiger partial charge >= 0.3 is 0 Å². The van der Waals surface area contributed by atoms with Crippen LogP contribution in [0.5, 0.6) is 0 Å². The lowest BCUT2D eigenvalue weighted by Gasteiger charge is -2.36. The van der Waals surface area contributed by atoms with Gasteiger partial charge in [-0.3, -0.25) is 9.30 Å².